The van der Waals surface area contributed by atoms with Crippen LogP contribution in [0.5, 0.6) is 0 Å². The Hall–Kier alpha value is -2.21. The van der Waals surface area contributed by atoms with Crippen molar-refractivity contribution < 1.29 is 9.21 Å². The van der Waals surface area contributed by atoms with E-state index in [4.69, 9.17) is 10.2 Å². The van der Waals surface area contributed by atoms with Gasteiger partial charge < -0.3 is 20.0 Å². The maximum atomic E-state index is 12.2. The predicted molar refractivity (Wildman–Crippen MR) is 75.1 cm³/mol. The Kier molecular flexibility index (Phi) is 3.47. The number of nitrogen functional groups attached to an aromatic ring is 1. The number of carbonyl (C=O) groups is 1. The van der Waals surface area contributed by atoms with Gasteiger partial charge in [-0.25, -0.2) is 0 Å². The molecule has 3 rings (SSSR count). The zero-order valence-corrected chi connectivity index (χ0v) is 11.2. The number of aromatic nitrogens is 1. The van der Waals surface area contributed by atoms with Crippen LogP contribution >= 0.6 is 0 Å². The number of anilines is 1. The topological polar surface area (TPSA) is 78.5 Å². The van der Waals surface area contributed by atoms with Crippen LogP contribution in [-0.4, -0.2) is 46.9 Å². The molecule has 106 valence electrons. The molecule has 3 heterocycles. The standard InChI is InChI=1S/C14H18N4O2/c15-11-8-13(16-9-11)14(19)18-5-3-17(4-6-18)10-12-2-1-7-20-12/h1-2,7-9,16H,3-6,10,15H2. The Bertz CT molecular complexity index is 568. The van der Waals surface area contributed by atoms with E-state index in [1.54, 1.807) is 18.5 Å². The third-order valence-electron chi connectivity index (χ3n) is 3.55. The highest BCUT2D eigenvalue weighted by Gasteiger charge is 2.23. The molecular weight excluding hydrogens is 256 g/mol. The molecule has 6 heteroatoms. The van der Waals surface area contributed by atoms with E-state index in [0.717, 1.165) is 38.5 Å². The summed E-state index contributed by atoms with van der Waals surface area (Å²) in [5, 5.41) is 0. The van der Waals surface area contributed by atoms with Gasteiger partial charge in [0.1, 0.15) is 11.5 Å². The highest BCUT2D eigenvalue weighted by molar-refractivity contribution is 5.93. The minimum atomic E-state index is 0.0133. The summed E-state index contributed by atoms with van der Waals surface area (Å²) in [5.74, 6) is 0.973. The lowest BCUT2D eigenvalue weighted by Crippen LogP contribution is -2.48. The number of nitrogens with zero attached hydrogens (tertiary/aromatic N) is 2. The van der Waals surface area contributed by atoms with Crippen LogP contribution in [0, 0.1) is 0 Å². The van der Waals surface area contributed by atoms with Gasteiger partial charge in [0.05, 0.1) is 12.8 Å². The van der Waals surface area contributed by atoms with E-state index in [1.165, 1.54) is 0 Å². The summed E-state index contributed by atoms with van der Waals surface area (Å²) in [6.45, 7) is 3.94. The second kappa shape index (κ2) is 5.42. The van der Waals surface area contributed by atoms with Gasteiger partial charge in [0.2, 0.25) is 0 Å². The SMILES string of the molecule is Nc1c[nH]c(C(=O)N2CCN(Cc3ccco3)CC2)c1. The molecule has 0 bridgehead atoms. The Morgan fingerprint density at radius 2 is 2.15 bits per heavy atom. The Balaban J connectivity index is 1.54. The van der Waals surface area contributed by atoms with Crippen LogP contribution in [0.1, 0.15) is 16.2 Å². The van der Waals surface area contributed by atoms with Crippen molar-refractivity contribution in [1.29, 1.82) is 0 Å². The molecule has 0 spiro atoms. The summed E-state index contributed by atoms with van der Waals surface area (Å²) in [6, 6.07) is 5.54. The summed E-state index contributed by atoms with van der Waals surface area (Å²) in [6.07, 6.45) is 3.32. The highest BCUT2D eigenvalue weighted by atomic mass is 16.3. The summed E-state index contributed by atoms with van der Waals surface area (Å²) >= 11 is 0. The molecular formula is C14H18N4O2. The van der Waals surface area contributed by atoms with Gasteiger partial charge in [-0.2, -0.15) is 0 Å². The van der Waals surface area contributed by atoms with Gasteiger partial charge in [0.25, 0.3) is 5.91 Å². The minimum Gasteiger partial charge on any atom is -0.468 e. The maximum absolute atomic E-state index is 12.2. The Morgan fingerprint density at radius 3 is 2.75 bits per heavy atom. The molecule has 0 radical (unpaired) electrons. The van der Waals surface area contributed by atoms with Crippen molar-refractivity contribution in [3.63, 3.8) is 0 Å². The zero-order chi connectivity index (χ0) is 13.9. The quantitative estimate of drug-likeness (QED) is 0.880. The van der Waals surface area contributed by atoms with Crippen molar-refractivity contribution in [3.05, 3.63) is 42.1 Å². The molecule has 3 N–H and O–H groups in total. The highest BCUT2D eigenvalue weighted by Crippen LogP contribution is 2.12. The molecule has 0 saturated carbocycles. The van der Waals surface area contributed by atoms with Crippen molar-refractivity contribution in [1.82, 2.24) is 14.8 Å². The molecule has 0 aliphatic carbocycles. The molecule has 1 aliphatic heterocycles. The largest absolute Gasteiger partial charge is 0.468 e. The van der Waals surface area contributed by atoms with E-state index < -0.39 is 0 Å². The summed E-state index contributed by atoms with van der Waals surface area (Å²) in [7, 11) is 0. The number of carbonyl (C=O) groups excluding carboxylic acids is 1. The molecule has 1 saturated heterocycles. The van der Waals surface area contributed by atoms with Crippen LogP contribution in [0.15, 0.2) is 35.1 Å². The van der Waals surface area contributed by atoms with Crippen LogP contribution in [0.3, 0.4) is 0 Å². The number of nitrogens with two attached hydrogens (primary N) is 1. The zero-order valence-electron chi connectivity index (χ0n) is 11.2. The lowest BCUT2D eigenvalue weighted by molar-refractivity contribution is 0.0615. The number of nitrogens with one attached hydrogen (secondary N) is 1. The van der Waals surface area contributed by atoms with Gasteiger partial charge in [-0.05, 0) is 18.2 Å². The number of H-pyrrole nitrogens is 1. The lowest BCUT2D eigenvalue weighted by Gasteiger charge is -2.34. The monoisotopic (exact) mass is 274 g/mol. The van der Waals surface area contributed by atoms with Gasteiger partial charge in [0, 0.05) is 38.1 Å². The van der Waals surface area contributed by atoms with Crippen molar-refractivity contribution >= 4 is 11.6 Å². The molecule has 2 aromatic rings. The molecule has 0 aromatic carbocycles. The molecule has 1 amide bonds. The van der Waals surface area contributed by atoms with Gasteiger partial charge in [0.15, 0.2) is 0 Å². The van der Waals surface area contributed by atoms with Crippen molar-refractivity contribution in [2.75, 3.05) is 31.9 Å². The first-order valence-electron chi connectivity index (χ1n) is 6.70. The van der Waals surface area contributed by atoms with Crippen molar-refractivity contribution in [3.8, 4) is 0 Å². The summed E-state index contributed by atoms with van der Waals surface area (Å²) in [5.41, 5.74) is 6.77. The third-order valence-corrected chi connectivity index (χ3v) is 3.55. The fourth-order valence-electron chi connectivity index (χ4n) is 2.44. The van der Waals surface area contributed by atoms with E-state index in [-0.39, 0.29) is 5.91 Å². The number of furan rings is 1. The number of hydrogen-bond donors (Lipinski definition) is 2. The van der Waals surface area contributed by atoms with Crippen LogP contribution in [-0.2, 0) is 6.54 Å². The Labute approximate surface area is 117 Å². The first-order valence-corrected chi connectivity index (χ1v) is 6.70. The second-order valence-corrected chi connectivity index (χ2v) is 4.99. The van der Waals surface area contributed by atoms with E-state index in [2.05, 4.69) is 9.88 Å². The van der Waals surface area contributed by atoms with Gasteiger partial charge >= 0.3 is 0 Å². The second-order valence-electron chi connectivity index (χ2n) is 4.99. The maximum Gasteiger partial charge on any atom is 0.270 e. The summed E-state index contributed by atoms with van der Waals surface area (Å²) in [4.78, 5) is 19.3. The molecule has 2 aromatic heterocycles. The predicted octanol–water partition coefficient (Wildman–Crippen LogP) is 1.15. The van der Waals surface area contributed by atoms with Gasteiger partial charge in [-0.15, -0.1) is 0 Å². The van der Waals surface area contributed by atoms with E-state index in [0.29, 0.717) is 11.4 Å². The van der Waals surface area contributed by atoms with Crippen molar-refractivity contribution in [2.45, 2.75) is 6.54 Å². The van der Waals surface area contributed by atoms with Crippen LogP contribution in [0.25, 0.3) is 0 Å². The minimum absolute atomic E-state index is 0.0133. The summed E-state index contributed by atoms with van der Waals surface area (Å²) < 4.78 is 5.34. The molecule has 1 aliphatic rings. The van der Waals surface area contributed by atoms with Gasteiger partial charge in [-0.1, -0.05) is 0 Å². The van der Waals surface area contributed by atoms with Gasteiger partial charge in [-0.3, -0.25) is 9.69 Å². The molecule has 0 unspecified atom stereocenters. The third kappa shape index (κ3) is 2.70. The van der Waals surface area contributed by atoms with E-state index in [1.807, 2.05) is 17.0 Å². The molecule has 6 nitrogen and oxygen atoms in total. The fraction of sp³-hybridized carbons (Fsp3) is 0.357. The number of rotatable bonds is 3. The first-order chi connectivity index (χ1) is 9.72. The van der Waals surface area contributed by atoms with E-state index in [9.17, 15) is 4.79 Å². The van der Waals surface area contributed by atoms with E-state index >= 15 is 0 Å². The number of aromatic amines is 1. The molecule has 0 atom stereocenters. The average Bonchev–Trinajstić information content (AvgIpc) is 3.10. The number of hydrogen-bond acceptors (Lipinski definition) is 4. The molecule has 20 heavy (non-hydrogen) atoms. The number of amides is 1. The van der Waals surface area contributed by atoms with Crippen LogP contribution in [0.2, 0.25) is 0 Å². The first kappa shape index (κ1) is 12.8. The smallest absolute Gasteiger partial charge is 0.270 e. The van der Waals surface area contributed by atoms with Crippen LogP contribution in [0.4, 0.5) is 5.69 Å². The Morgan fingerprint density at radius 1 is 1.35 bits per heavy atom. The fourth-order valence-corrected chi connectivity index (χ4v) is 2.44. The number of piperazine rings is 1. The van der Waals surface area contributed by atoms with Crippen molar-refractivity contribution in [2.24, 2.45) is 0 Å². The normalized spacial score (nSPS) is 16.5. The molecule has 1 fully saturated rings. The average molecular weight is 274 g/mol. The van der Waals surface area contributed by atoms with Crippen LogP contribution < -0.4 is 5.73 Å². The lowest BCUT2D eigenvalue weighted by atomic mass is 10.2.